The molecule has 1 N–H and O–H groups in total. The molecule has 0 saturated heterocycles. The second-order valence-electron chi connectivity index (χ2n) is 6.26. The lowest BCUT2D eigenvalue weighted by atomic mass is 10.1. The number of ether oxygens (including phenoxy) is 2. The molecule has 150 valence electrons. The number of rotatable bonds is 8. The monoisotopic (exact) mass is 412 g/mol. The highest BCUT2D eigenvalue weighted by Crippen LogP contribution is 2.27. The molecule has 0 atom stereocenters. The first kappa shape index (κ1) is 20.5. The highest BCUT2D eigenvalue weighted by atomic mass is 35.5. The number of benzene rings is 2. The molecule has 0 bridgehead atoms. The lowest BCUT2D eigenvalue weighted by Gasteiger charge is -2.23. The fraction of sp³-hybridized carbons (Fsp3) is 0.182. The second kappa shape index (κ2) is 9.80. The van der Waals surface area contributed by atoms with E-state index in [-0.39, 0.29) is 5.75 Å². The molecule has 3 rings (SSSR count). The van der Waals surface area contributed by atoms with Gasteiger partial charge >= 0.3 is 6.16 Å². The van der Waals surface area contributed by atoms with E-state index in [1.54, 1.807) is 18.2 Å². The molecule has 2 aromatic carbocycles. The first-order valence-electron chi connectivity index (χ1n) is 9.12. The minimum atomic E-state index is -1.37. The van der Waals surface area contributed by atoms with Crippen molar-refractivity contribution >= 4 is 23.6 Å². The summed E-state index contributed by atoms with van der Waals surface area (Å²) in [5.41, 5.74) is 2.01. The molecule has 0 spiro atoms. The van der Waals surface area contributed by atoms with Crippen LogP contribution >= 0.6 is 11.6 Å². The van der Waals surface area contributed by atoms with E-state index in [1.807, 2.05) is 54.3 Å². The van der Waals surface area contributed by atoms with Gasteiger partial charge in [-0.25, -0.2) is 9.78 Å². The first-order chi connectivity index (χ1) is 14.0. The zero-order chi connectivity index (χ0) is 20.6. The molecule has 3 aromatic rings. The normalized spacial score (nSPS) is 10.4. The number of halogens is 1. The summed E-state index contributed by atoms with van der Waals surface area (Å²) in [5.74, 6) is 1.62. The topological polar surface area (TPSA) is 71.9 Å². The predicted octanol–water partition coefficient (Wildman–Crippen LogP) is 5.40. The van der Waals surface area contributed by atoms with Crippen LogP contribution in [0.3, 0.4) is 0 Å². The zero-order valence-electron chi connectivity index (χ0n) is 15.9. The Morgan fingerprint density at radius 2 is 1.93 bits per heavy atom. The minimum Gasteiger partial charge on any atom is -0.489 e. The van der Waals surface area contributed by atoms with Crippen molar-refractivity contribution in [2.75, 3.05) is 11.4 Å². The lowest BCUT2D eigenvalue weighted by Crippen LogP contribution is -2.23. The van der Waals surface area contributed by atoms with Gasteiger partial charge in [-0.15, -0.1) is 0 Å². The maximum Gasteiger partial charge on any atom is 0.511 e. The maximum atomic E-state index is 10.6. The van der Waals surface area contributed by atoms with Gasteiger partial charge in [-0.2, -0.15) is 0 Å². The van der Waals surface area contributed by atoms with E-state index in [2.05, 4.69) is 9.72 Å². The van der Waals surface area contributed by atoms with Gasteiger partial charge in [-0.05, 0) is 42.8 Å². The fourth-order valence-electron chi connectivity index (χ4n) is 2.83. The molecule has 0 aliphatic heterocycles. The molecule has 6 nitrogen and oxygen atoms in total. The summed E-state index contributed by atoms with van der Waals surface area (Å²) in [6.45, 7) is 3.70. The van der Waals surface area contributed by atoms with Crippen LogP contribution in [0.5, 0.6) is 11.5 Å². The summed E-state index contributed by atoms with van der Waals surface area (Å²) < 4.78 is 10.6. The molecule has 0 unspecified atom stereocenters. The van der Waals surface area contributed by atoms with Gasteiger partial charge in [0, 0.05) is 23.7 Å². The minimum absolute atomic E-state index is 0.173. The number of carboxylic acid groups (broad SMARTS) is 1. The number of hydrogen-bond donors (Lipinski definition) is 1. The average Bonchev–Trinajstić information content (AvgIpc) is 2.72. The van der Waals surface area contributed by atoms with Crippen molar-refractivity contribution in [2.45, 2.75) is 20.1 Å². The molecule has 29 heavy (non-hydrogen) atoms. The summed E-state index contributed by atoms with van der Waals surface area (Å²) in [6.07, 6.45) is 0.0164. The molecule has 0 radical (unpaired) electrons. The van der Waals surface area contributed by atoms with E-state index in [0.29, 0.717) is 30.5 Å². The fourth-order valence-corrected chi connectivity index (χ4v) is 3.02. The Morgan fingerprint density at radius 1 is 1.14 bits per heavy atom. The second-order valence-corrected chi connectivity index (χ2v) is 6.70. The average molecular weight is 413 g/mol. The van der Waals surface area contributed by atoms with E-state index < -0.39 is 6.16 Å². The molecule has 0 saturated carbocycles. The van der Waals surface area contributed by atoms with Crippen LogP contribution in [0.2, 0.25) is 5.02 Å². The van der Waals surface area contributed by atoms with Crippen molar-refractivity contribution in [1.29, 1.82) is 0 Å². The third-order valence-corrected chi connectivity index (χ3v) is 4.49. The van der Waals surface area contributed by atoms with E-state index in [0.717, 1.165) is 16.9 Å². The Hall–Kier alpha value is -3.25. The summed E-state index contributed by atoms with van der Waals surface area (Å²) in [4.78, 5) is 17.0. The number of anilines is 1. The smallest absolute Gasteiger partial charge is 0.489 e. The predicted molar refractivity (Wildman–Crippen MR) is 112 cm³/mol. The van der Waals surface area contributed by atoms with Crippen LogP contribution < -0.4 is 14.4 Å². The Kier molecular flexibility index (Phi) is 6.92. The van der Waals surface area contributed by atoms with E-state index in [4.69, 9.17) is 21.4 Å². The quantitative estimate of drug-likeness (QED) is 0.499. The third-order valence-electron chi connectivity index (χ3n) is 4.25. The van der Waals surface area contributed by atoms with Gasteiger partial charge < -0.3 is 19.5 Å². The van der Waals surface area contributed by atoms with Crippen LogP contribution in [0.25, 0.3) is 0 Å². The van der Waals surface area contributed by atoms with Crippen molar-refractivity contribution in [3.05, 3.63) is 83.0 Å². The zero-order valence-corrected chi connectivity index (χ0v) is 16.7. The van der Waals surface area contributed by atoms with Crippen LogP contribution in [0.15, 0.2) is 66.9 Å². The van der Waals surface area contributed by atoms with Gasteiger partial charge in [0.15, 0.2) is 5.75 Å². The molecule has 1 aromatic heterocycles. The van der Waals surface area contributed by atoms with Crippen LogP contribution in [0.4, 0.5) is 10.6 Å². The third kappa shape index (κ3) is 5.86. The Morgan fingerprint density at radius 3 is 2.59 bits per heavy atom. The van der Waals surface area contributed by atoms with Gasteiger partial charge in [0.1, 0.15) is 18.2 Å². The number of carbonyl (C=O) groups is 1. The van der Waals surface area contributed by atoms with E-state index >= 15 is 0 Å². The summed E-state index contributed by atoms with van der Waals surface area (Å²) in [7, 11) is 0. The Balaban J connectivity index is 1.76. The van der Waals surface area contributed by atoms with E-state index in [9.17, 15) is 4.79 Å². The molecular weight excluding hydrogens is 392 g/mol. The Bertz CT molecular complexity index is 949. The maximum absolute atomic E-state index is 10.6. The number of aromatic nitrogens is 1. The summed E-state index contributed by atoms with van der Waals surface area (Å²) in [6, 6.07) is 18.8. The number of nitrogens with zero attached hydrogens (tertiary/aromatic N) is 2. The van der Waals surface area contributed by atoms with Gasteiger partial charge in [0.2, 0.25) is 0 Å². The van der Waals surface area contributed by atoms with E-state index in [1.165, 1.54) is 6.20 Å². The molecular formula is C22H21ClN2O4. The first-order valence-corrected chi connectivity index (χ1v) is 9.50. The van der Waals surface area contributed by atoms with Crippen molar-refractivity contribution in [3.8, 4) is 11.5 Å². The largest absolute Gasteiger partial charge is 0.511 e. The standard InChI is InChI=1S/C22H21ClN2O4/c1-2-25(21-11-9-19(13-24-21)29-22(26)27)14-17-12-18(23)8-10-20(17)28-15-16-6-4-3-5-7-16/h3-13H,2,14-15H2,1H3,(H,26,27). The lowest BCUT2D eigenvalue weighted by molar-refractivity contribution is 0.144. The van der Waals surface area contributed by atoms with Gasteiger partial charge in [-0.1, -0.05) is 41.9 Å². The van der Waals surface area contributed by atoms with Gasteiger partial charge in [-0.3, -0.25) is 0 Å². The number of pyridine rings is 1. The molecule has 0 fully saturated rings. The Labute approximate surface area is 174 Å². The summed E-state index contributed by atoms with van der Waals surface area (Å²) in [5, 5.41) is 9.32. The molecule has 7 heteroatoms. The van der Waals surface area contributed by atoms with Crippen LogP contribution in [-0.4, -0.2) is 22.8 Å². The molecule has 1 heterocycles. The van der Waals surface area contributed by atoms with Crippen molar-refractivity contribution in [1.82, 2.24) is 4.98 Å². The van der Waals surface area contributed by atoms with Crippen LogP contribution in [0.1, 0.15) is 18.1 Å². The highest BCUT2D eigenvalue weighted by molar-refractivity contribution is 6.30. The van der Waals surface area contributed by atoms with Gasteiger partial charge in [0.05, 0.1) is 6.20 Å². The molecule has 0 aliphatic carbocycles. The summed E-state index contributed by atoms with van der Waals surface area (Å²) >= 11 is 6.21. The SMILES string of the molecule is CCN(Cc1cc(Cl)ccc1OCc1ccccc1)c1ccc(OC(=O)O)cn1. The molecule has 0 amide bonds. The van der Waals surface area contributed by atoms with Crippen LogP contribution in [-0.2, 0) is 13.2 Å². The number of hydrogen-bond acceptors (Lipinski definition) is 5. The van der Waals surface area contributed by atoms with Crippen LogP contribution in [0, 0.1) is 0 Å². The molecule has 0 aliphatic rings. The van der Waals surface area contributed by atoms with Crippen molar-refractivity contribution < 1.29 is 19.4 Å². The van der Waals surface area contributed by atoms with Crippen molar-refractivity contribution in [2.24, 2.45) is 0 Å². The van der Waals surface area contributed by atoms with Crippen molar-refractivity contribution in [3.63, 3.8) is 0 Å². The highest BCUT2D eigenvalue weighted by Gasteiger charge is 2.13. The van der Waals surface area contributed by atoms with Gasteiger partial charge in [0.25, 0.3) is 0 Å².